The van der Waals surface area contributed by atoms with Gasteiger partial charge in [-0.3, -0.25) is 10.1 Å². The molecular formula is C22H20N4O5S. The van der Waals surface area contributed by atoms with Gasteiger partial charge in [-0.15, -0.1) is 5.10 Å². The fraction of sp³-hybridized carbons (Fsp3) is 0.136. The average Bonchev–Trinajstić information content (AvgIpc) is 3.50. The first kappa shape index (κ1) is 21.5. The van der Waals surface area contributed by atoms with Gasteiger partial charge in [0, 0.05) is 18.7 Å². The normalized spacial score (nSPS) is 11.6. The van der Waals surface area contributed by atoms with E-state index in [0.717, 1.165) is 5.56 Å². The number of carbonyl (C=O) groups excluding carboxylic acids is 1. The summed E-state index contributed by atoms with van der Waals surface area (Å²) in [5.41, 5.74) is 1.13. The van der Waals surface area contributed by atoms with Crippen LogP contribution in [0, 0.1) is 0 Å². The maximum Gasteiger partial charge on any atom is 0.322 e. The summed E-state index contributed by atoms with van der Waals surface area (Å²) >= 11 is 0. The number of amides is 1. The van der Waals surface area contributed by atoms with Crippen LogP contribution >= 0.6 is 0 Å². The maximum absolute atomic E-state index is 13.0. The van der Waals surface area contributed by atoms with Crippen molar-refractivity contribution in [2.45, 2.75) is 18.4 Å². The number of carbonyl (C=O) groups is 1. The Morgan fingerprint density at radius 1 is 1.00 bits per heavy atom. The van der Waals surface area contributed by atoms with Gasteiger partial charge in [0.05, 0.1) is 11.2 Å². The predicted octanol–water partition coefficient (Wildman–Crippen LogP) is 3.79. The van der Waals surface area contributed by atoms with Crippen molar-refractivity contribution in [2.75, 3.05) is 11.9 Å². The van der Waals surface area contributed by atoms with E-state index in [9.17, 15) is 13.2 Å². The Hall–Kier alpha value is -3.76. The van der Waals surface area contributed by atoms with E-state index in [1.165, 1.54) is 34.8 Å². The number of rotatable bonds is 8. The Labute approximate surface area is 184 Å². The second-order valence-electron chi connectivity index (χ2n) is 6.78. The van der Waals surface area contributed by atoms with Crippen molar-refractivity contribution >= 4 is 21.9 Å². The Morgan fingerprint density at radius 3 is 2.41 bits per heavy atom. The second kappa shape index (κ2) is 9.16. The van der Waals surface area contributed by atoms with Gasteiger partial charge in [-0.2, -0.15) is 4.31 Å². The zero-order valence-electron chi connectivity index (χ0n) is 17.1. The number of anilines is 1. The molecule has 4 rings (SSSR count). The highest BCUT2D eigenvalue weighted by atomic mass is 32.2. The van der Waals surface area contributed by atoms with Crippen molar-refractivity contribution in [3.8, 4) is 11.7 Å². The highest BCUT2D eigenvalue weighted by Gasteiger charge is 2.24. The molecule has 0 saturated carbocycles. The number of benzene rings is 2. The first-order chi connectivity index (χ1) is 15.5. The molecule has 0 spiro atoms. The lowest BCUT2D eigenvalue weighted by molar-refractivity contribution is 0.102. The molecule has 0 aliphatic heterocycles. The maximum atomic E-state index is 13.0. The summed E-state index contributed by atoms with van der Waals surface area (Å²) in [6.45, 7) is 2.36. The summed E-state index contributed by atoms with van der Waals surface area (Å²) in [6.07, 6.45) is 1.47. The van der Waals surface area contributed by atoms with Crippen molar-refractivity contribution in [1.29, 1.82) is 0 Å². The van der Waals surface area contributed by atoms with E-state index in [1.54, 1.807) is 19.1 Å². The van der Waals surface area contributed by atoms with Gasteiger partial charge >= 0.3 is 6.01 Å². The third-order valence-corrected chi connectivity index (χ3v) is 6.62. The zero-order valence-corrected chi connectivity index (χ0v) is 18.0. The lowest BCUT2D eigenvalue weighted by Crippen LogP contribution is -2.30. The SMILES string of the molecule is CCN(Cc1ccccc1)S(=O)(=O)c1ccc(C(=O)Nc2nnc(-c3ccco3)o2)cc1. The Morgan fingerprint density at radius 2 is 1.75 bits per heavy atom. The summed E-state index contributed by atoms with van der Waals surface area (Å²) < 4.78 is 38.0. The number of hydrogen-bond acceptors (Lipinski definition) is 7. The number of furan rings is 1. The largest absolute Gasteiger partial charge is 0.459 e. The highest BCUT2D eigenvalue weighted by molar-refractivity contribution is 7.89. The van der Waals surface area contributed by atoms with E-state index in [2.05, 4.69) is 15.5 Å². The van der Waals surface area contributed by atoms with Gasteiger partial charge in [-0.1, -0.05) is 42.4 Å². The van der Waals surface area contributed by atoms with Crippen LogP contribution in [0.2, 0.25) is 0 Å². The van der Waals surface area contributed by atoms with Crippen LogP contribution in [-0.2, 0) is 16.6 Å². The Kier molecular flexibility index (Phi) is 6.15. The van der Waals surface area contributed by atoms with Crippen LogP contribution in [0.5, 0.6) is 0 Å². The molecule has 2 aromatic carbocycles. The van der Waals surface area contributed by atoms with E-state index in [0.29, 0.717) is 12.3 Å². The summed E-state index contributed by atoms with van der Waals surface area (Å²) in [7, 11) is -3.72. The molecule has 10 heteroatoms. The van der Waals surface area contributed by atoms with Crippen molar-refractivity contribution < 1.29 is 22.0 Å². The minimum Gasteiger partial charge on any atom is -0.459 e. The van der Waals surface area contributed by atoms with Crippen LogP contribution in [-0.4, -0.2) is 35.4 Å². The van der Waals surface area contributed by atoms with Crippen molar-refractivity contribution in [3.05, 3.63) is 84.1 Å². The zero-order chi connectivity index (χ0) is 22.6. The summed E-state index contributed by atoms with van der Waals surface area (Å²) in [6, 6.07) is 18.3. The quantitative estimate of drug-likeness (QED) is 0.432. The molecule has 0 saturated heterocycles. The average molecular weight is 452 g/mol. The third-order valence-electron chi connectivity index (χ3n) is 4.69. The molecule has 0 aliphatic carbocycles. The molecule has 2 aromatic heterocycles. The number of nitrogens with one attached hydrogen (secondary N) is 1. The minimum absolute atomic E-state index is 0.0990. The van der Waals surface area contributed by atoms with Crippen LogP contribution in [0.1, 0.15) is 22.8 Å². The highest BCUT2D eigenvalue weighted by Crippen LogP contribution is 2.21. The van der Waals surface area contributed by atoms with Crippen molar-refractivity contribution in [3.63, 3.8) is 0 Å². The molecule has 0 fully saturated rings. The fourth-order valence-corrected chi connectivity index (χ4v) is 4.46. The number of nitrogens with zero attached hydrogens (tertiary/aromatic N) is 3. The molecule has 0 radical (unpaired) electrons. The Bertz CT molecular complexity index is 1280. The van der Waals surface area contributed by atoms with Crippen molar-refractivity contribution in [2.24, 2.45) is 0 Å². The van der Waals surface area contributed by atoms with Gasteiger partial charge in [-0.05, 0) is 42.0 Å². The number of hydrogen-bond donors (Lipinski definition) is 1. The van der Waals surface area contributed by atoms with Gasteiger partial charge in [-0.25, -0.2) is 8.42 Å². The monoisotopic (exact) mass is 452 g/mol. The van der Waals surface area contributed by atoms with E-state index in [1.807, 2.05) is 30.3 Å². The van der Waals surface area contributed by atoms with Crippen LogP contribution < -0.4 is 5.32 Å². The van der Waals surface area contributed by atoms with Crippen LogP contribution in [0.3, 0.4) is 0 Å². The molecule has 0 atom stereocenters. The lowest BCUT2D eigenvalue weighted by atomic mass is 10.2. The van der Waals surface area contributed by atoms with Crippen LogP contribution in [0.25, 0.3) is 11.7 Å². The van der Waals surface area contributed by atoms with E-state index >= 15 is 0 Å². The first-order valence-electron chi connectivity index (χ1n) is 9.80. The fourth-order valence-electron chi connectivity index (χ4n) is 3.02. The van der Waals surface area contributed by atoms with Gasteiger partial charge < -0.3 is 8.83 Å². The standard InChI is InChI=1S/C22H20N4O5S/c1-2-26(15-16-7-4-3-5-8-16)32(28,29)18-12-10-17(11-13-18)20(27)23-22-25-24-21(31-22)19-9-6-14-30-19/h3-14H,2,15H2,1H3,(H,23,25,27). The molecule has 2 heterocycles. The van der Waals surface area contributed by atoms with Gasteiger partial charge in [0.25, 0.3) is 11.8 Å². The van der Waals surface area contributed by atoms with Crippen LogP contribution in [0.4, 0.5) is 6.01 Å². The topological polar surface area (TPSA) is 119 Å². The molecule has 4 aromatic rings. The molecule has 164 valence electrons. The van der Waals surface area contributed by atoms with Gasteiger partial charge in [0.15, 0.2) is 5.76 Å². The Balaban J connectivity index is 1.46. The van der Waals surface area contributed by atoms with E-state index < -0.39 is 15.9 Å². The van der Waals surface area contributed by atoms with Crippen molar-refractivity contribution in [1.82, 2.24) is 14.5 Å². The predicted molar refractivity (Wildman–Crippen MR) is 116 cm³/mol. The molecule has 0 unspecified atom stereocenters. The molecule has 1 N–H and O–H groups in total. The van der Waals surface area contributed by atoms with Gasteiger partial charge in [0.1, 0.15) is 0 Å². The summed E-state index contributed by atoms with van der Waals surface area (Å²) in [4.78, 5) is 12.6. The second-order valence-corrected chi connectivity index (χ2v) is 8.72. The number of sulfonamides is 1. The molecule has 0 aliphatic rings. The molecular weight excluding hydrogens is 432 g/mol. The molecule has 32 heavy (non-hydrogen) atoms. The first-order valence-corrected chi connectivity index (χ1v) is 11.2. The molecule has 1 amide bonds. The van der Waals surface area contributed by atoms with Crippen LogP contribution in [0.15, 0.2) is 86.7 Å². The summed E-state index contributed by atoms with van der Waals surface area (Å²) in [5, 5.41) is 10.0. The summed E-state index contributed by atoms with van der Waals surface area (Å²) in [5.74, 6) is -0.00594. The number of aromatic nitrogens is 2. The molecule has 0 bridgehead atoms. The molecule has 9 nitrogen and oxygen atoms in total. The third kappa shape index (κ3) is 4.61. The lowest BCUT2D eigenvalue weighted by Gasteiger charge is -2.20. The smallest absolute Gasteiger partial charge is 0.322 e. The van der Waals surface area contributed by atoms with Gasteiger partial charge in [0.2, 0.25) is 10.0 Å². The van der Waals surface area contributed by atoms with E-state index in [4.69, 9.17) is 8.83 Å². The minimum atomic E-state index is -3.72. The van der Waals surface area contributed by atoms with E-state index in [-0.39, 0.29) is 28.9 Å².